The Hall–Kier alpha value is -1.000. The van der Waals surface area contributed by atoms with Crippen LogP contribution >= 0.6 is 23.2 Å². The molecule has 1 amide bonds. The molecule has 74 valence electrons. The Balaban J connectivity index is 2.28. The number of ether oxygens (including phenoxy) is 1. The van der Waals surface area contributed by atoms with E-state index in [1.165, 1.54) is 0 Å². The standard InChI is InChI=1S/C8H6Cl2N2O2/c9-6-2-1-4(7(10)12-6)5-3-14-8(13)11-5/h1-2,5H,3H2,(H,11,13). The highest BCUT2D eigenvalue weighted by Gasteiger charge is 2.25. The van der Waals surface area contributed by atoms with E-state index in [-0.39, 0.29) is 17.8 Å². The molecule has 1 aromatic rings. The van der Waals surface area contributed by atoms with Gasteiger partial charge in [0.2, 0.25) is 0 Å². The minimum absolute atomic E-state index is 0.236. The Labute approximate surface area is 90.2 Å². The number of cyclic esters (lactones) is 1. The van der Waals surface area contributed by atoms with E-state index in [1.807, 2.05) is 0 Å². The van der Waals surface area contributed by atoms with Gasteiger partial charge in [-0.3, -0.25) is 0 Å². The molecule has 1 atom stereocenters. The molecule has 2 rings (SSSR count). The largest absolute Gasteiger partial charge is 0.447 e. The molecule has 6 heteroatoms. The number of carbonyl (C=O) groups is 1. The van der Waals surface area contributed by atoms with E-state index in [2.05, 4.69) is 10.3 Å². The van der Waals surface area contributed by atoms with E-state index in [1.54, 1.807) is 12.1 Å². The van der Waals surface area contributed by atoms with E-state index in [9.17, 15) is 4.79 Å². The third-order valence-electron chi connectivity index (χ3n) is 1.89. The molecule has 1 N–H and O–H groups in total. The van der Waals surface area contributed by atoms with Crippen LogP contribution in [0.5, 0.6) is 0 Å². The van der Waals surface area contributed by atoms with Crippen LogP contribution in [0, 0.1) is 0 Å². The Morgan fingerprint density at radius 2 is 2.29 bits per heavy atom. The monoisotopic (exact) mass is 232 g/mol. The van der Waals surface area contributed by atoms with Crippen molar-refractivity contribution < 1.29 is 9.53 Å². The predicted octanol–water partition coefficient (Wildman–Crippen LogP) is 2.17. The molecule has 1 aliphatic rings. The van der Waals surface area contributed by atoms with E-state index in [0.29, 0.717) is 10.7 Å². The van der Waals surface area contributed by atoms with Crippen LogP contribution in [0.2, 0.25) is 10.3 Å². The maximum Gasteiger partial charge on any atom is 0.407 e. The second-order valence-electron chi connectivity index (χ2n) is 2.81. The van der Waals surface area contributed by atoms with Gasteiger partial charge in [0, 0.05) is 5.56 Å². The van der Waals surface area contributed by atoms with Gasteiger partial charge < -0.3 is 10.1 Å². The van der Waals surface area contributed by atoms with E-state index >= 15 is 0 Å². The van der Waals surface area contributed by atoms with Crippen molar-refractivity contribution in [3.8, 4) is 0 Å². The third-order valence-corrected chi connectivity index (χ3v) is 2.41. The smallest absolute Gasteiger partial charge is 0.407 e. The van der Waals surface area contributed by atoms with Gasteiger partial charge in [-0.15, -0.1) is 0 Å². The number of hydrogen-bond donors (Lipinski definition) is 1. The lowest BCUT2D eigenvalue weighted by Crippen LogP contribution is -2.18. The number of amides is 1. The fourth-order valence-electron chi connectivity index (χ4n) is 1.23. The van der Waals surface area contributed by atoms with Crippen LogP contribution in [0.1, 0.15) is 11.6 Å². The second-order valence-corrected chi connectivity index (χ2v) is 3.55. The number of pyridine rings is 1. The number of alkyl carbamates (subject to hydrolysis) is 1. The third kappa shape index (κ3) is 1.76. The van der Waals surface area contributed by atoms with Crippen LogP contribution in [0.3, 0.4) is 0 Å². The van der Waals surface area contributed by atoms with Gasteiger partial charge in [-0.1, -0.05) is 29.3 Å². The molecule has 1 saturated heterocycles. The topological polar surface area (TPSA) is 51.2 Å². The Morgan fingerprint density at radius 1 is 1.50 bits per heavy atom. The van der Waals surface area contributed by atoms with Gasteiger partial charge in [0.05, 0.1) is 6.04 Å². The molecule has 4 nitrogen and oxygen atoms in total. The number of halogens is 2. The van der Waals surface area contributed by atoms with Crippen LogP contribution < -0.4 is 5.32 Å². The lowest BCUT2D eigenvalue weighted by molar-refractivity contribution is 0.177. The molecule has 0 aromatic carbocycles. The van der Waals surface area contributed by atoms with Crippen molar-refractivity contribution >= 4 is 29.3 Å². The van der Waals surface area contributed by atoms with Gasteiger partial charge in [0.15, 0.2) is 0 Å². The molecule has 0 bridgehead atoms. The van der Waals surface area contributed by atoms with Gasteiger partial charge in [-0.25, -0.2) is 9.78 Å². The van der Waals surface area contributed by atoms with Crippen molar-refractivity contribution in [2.24, 2.45) is 0 Å². The summed E-state index contributed by atoms with van der Waals surface area (Å²) < 4.78 is 4.74. The second kappa shape index (κ2) is 3.63. The lowest BCUT2D eigenvalue weighted by atomic mass is 10.1. The quantitative estimate of drug-likeness (QED) is 0.756. The highest BCUT2D eigenvalue weighted by molar-refractivity contribution is 6.32. The van der Waals surface area contributed by atoms with Crippen molar-refractivity contribution in [1.29, 1.82) is 0 Å². The van der Waals surface area contributed by atoms with Crippen LogP contribution in [-0.2, 0) is 4.74 Å². The summed E-state index contributed by atoms with van der Waals surface area (Å²) in [5, 5.41) is 3.21. The molecule has 2 heterocycles. The van der Waals surface area contributed by atoms with Crippen molar-refractivity contribution in [3.63, 3.8) is 0 Å². The van der Waals surface area contributed by atoms with Gasteiger partial charge in [0.25, 0.3) is 0 Å². The summed E-state index contributed by atoms with van der Waals surface area (Å²) >= 11 is 11.5. The molecular weight excluding hydrogens is 227 g/mol. The van der Waals surface area contributed by atoms with Crippen LogP contribution in [-0.4, -0.2) is 17.7 Å². The average Bonchev–Trinajstić information content (AvgIpc) is 2.51. The molecule has 1 aliphatic heterocycles. The minimum Gasteiger partial charge on any atom is -0.447 e. The first kappa shape index (κ1) is 9.55. The zero-order valence-electron chi connectivity index (χ0n) is 6.96. The summed E-state index contributed by atoms with van der Waals surface area (Å²) in [7, 11) is 0. The van der Waals surface area contributed by atoms with Crippen LogP contribution in [0.25, 0.3) is 0 Å². The Morgan fingerprint density at radius 3 is 2.86 bits per heavy atom. The minimum atomic E-state index is -0.444. The number of rotatable bonds is 1. The van der Waals surface area contributed by atoms with Crippen molar-refractivity contribution in [1.82, 2.24) is 10.3 Å². The first-order valence-corrected chi connectivity index (χ1v) is 4.67. The predicted molar refractivity (Wildman–Crippen MR) is 51.5 cm³/mol. The van der Waals surface area contributed by atoms with Crippen molar-refractivity contribution in [2.45, 2.75) is 6.04 Å². The lowest BCUT2D eigenvalue weighted by Gasteiger charge is -2.08. The fraction of sp³-hybridized carbons (Fsp3) is 0.250. The zero-order chi connectivity index (χ0) is 10.1. The van der Waals surface area contributed by atoms with E-state index in [0.717, 1.165) is 0 Å². The van der Waals surface area contributed by atoms with Gasteiger partial charge in [-0.05, 0) is 6.07 Å². The zero-order valence-corrected chi connectivity index (χ0v) is 8.47. The van der Waals surface area contributed by atoms with Crippen LogP contribution in [0.4, 0.5) is 4.79 Å². The summed E-state index contributed by atoms with van der Waals surface area (Å²) in [6.45, 7) is 0.266. The van der Waals surface area contributed by atoms with Gasteiger partial charge >= 0.3 is 6.09 Å². The highest BCUT2D eigenvalue weighted by atomic mass is 35.5. The Bertz CT molecular complexity index is 384. The van der Waals surface area contributed by atoms with E-state index in [4.69, 9.17) is 27.9 Å². The summed E-state index contributed by atoms with van der Waals surface area (Å²) in [6, 6.07) is 3.10. The first-order chi connectivity index (χ1) is 6.66. The highest BCUT2D eigenvalue weighted by Crippen LogP contribution is 2.25. The normalized spacial score (nSPS) is 20.4. The molecule has 14 heavy (non-hydrogen) atoms. The molecule has 0 aliphatic carbocycles. The number of carbonyl (C=O) groups excluding carboxylic acids is 1. The molecule has 1 fully saturated rings. The number of aromatic nitrogens is 1. The number of hydrogen-bond acceptors (Lipinski definition) is 3. The van der Waals surface area contributed by atoms with Crippen molar-refractivity contribution in [2.75, 3.05) is 6.61 Å². The van der Waals surface area contributed by atoms with Gasteiger partial charge in [-0.2, -0.15) is 0 Å². The molecule has 0 spiro atoms. The molecular formula is C8H6Cl2N2O2. The molecule has 1 unspecified atom stereocenters. The first-order valence-electron chi connectivity index (χ1n) is 3.92. The summed E-state index contributed by atoms with van der Waals surface area (Å²) in [5.41, 5.74) is 0.710. The number of nitrogens with zero attached hydrogens (tertiary/aromatic N) is 1. The summed E-state index contributed by atoms with van der Waals surface area (Å²) in [4.78, 5) is 14.6. The molecule has 0 radical (unpaired) electrons. The summed E-state index contributed by atoms with van der Waals surface area (Å²) in [5.74, 6) is 0. The molecule has 0 saturated carbocycles. The van der Waals surface area contributed by atoms with Gasteiger partial charge in [0.1, 0.15) is 16.9 Å². The maximum absolute atomic E-state index is 10.8. The van der Waals surface area contributed by atoms with E-state index < -0.39 is 6.09 Å². The fourth-order valence-corrected chi connectivity index (χ4v) is 1.71. The molecule has 1 aromatic heterocycles. The van der Waals surface area contributed by atoms with Crippen LogP contribution in [0.15, 0.2) is 12.1 Å². The SMILES string of the molecule is O=C1NC(c2ccc(Cl)nc2Cl)CO1. The summed E-state index contributed by atoms with van der Waals surface area (Å²) in [6.07, 6.45) is -0.444. The average molecular weight is 233 g/mol. The number of nitrogens with one attached hydrogen (secondary N) is 1. The Kier molecular flexibility index (Phi) is 2.48. The van der Waals surface area contributed by atoms with Crippen molar-refractivity contribution in [3.05, 3.63) is 28.0 Å². The maximum atomic E-state index is 10.8.